The van der Waals surface area contributed by atoms with Gasteiger partial charge in [0.25, 0.3) is 0 Å². The predicted molar refractivity (Wildman–Crippen MR) is 72.7 cm³/mol. The highest BCUT2D eigenvalue weighted by molar-refractivity contribution is 6.05. The summed E-state index contributed by atoms with van der Waals surface area (Å²) in [7, 11) is 1.81. The Kier molecular flexibility index (Phi) is 3.44. The zero-order valence-corrected chi connectivity index (χ0v) is 11.0. The summed E-state index contributed by atoms with van der Waals surface area (Å²) in [6, 6.07) is 4.63. The summed E-state index contributed by atoms with van der Waals surface area (Å²) in [5, 5.41) is 9.06. The zero-order valence-electron chi connectivity index (χ0n) is 11.0. The van der Waals surface area contributed by atoms with E-state index in [4.69, 9.17) is 10.8 Å². The molecule has 0 saturated heterocycles. The lowest BCUT2D eigenvalue weighted by atomic mass is 10.1. The first kappa shape index (κ1) is 13.4. The highest BCUT2D eigenvalue weighted by Gasteiger charge is 2.30. The molecular weight excluding hydrogens is 246 g/mol. The maximum atomic E-state index is 12.1. The molecule has 1 aromatic rings. The van der Waals surface area contributed by atoms with Crippen LogP contribution in [0.5, 0.6) is 0 Å². The molecule has 1 aliphatic rings. The van der Waals surface area contributed by atoms with E-state index in [1.54, 1.807) is 17.0 Å². The molecule has 1 amide bonds. The number of aromatic carboxylic acids is 1. The fraction of sp³-hybridized carbons (Fsp3) is 0.385. The first-order chi connectivity index (χ1) is 8.95. The normalized spacial score (nSPS) is 16.3. The summed E-state index contributed by atoms with van der Waals surface area (Å²) in [5.41, 5.74) is 7.24. The average Bonchev–Trinajstić information content (AvgIpc) is 2.37. The third-order valence-corrected chi connectivity index (χ3v) is 3.32. The second-order valence-electron chi connectivity index (χ2n) is 4.71. The largest absolute Gasteiger partial charge is 0.478 e. The van der Waals surface area contributed by atoms with Crippen LogP contribution in [0.4, 0.5) is 11.4 Å². The van der Waals surface area contributed by atoms with E-state index < -0.39 is 5.97 Å². The molecule has 0 aromatic heterocycles. The molecule has 0 spiro atoms. The van der Waals surface area contributed by atoms with Crippen molar-refractivity contribution in [2.45, 2.75) is 13.0 Å². The van der Waals surface area contributed by atoms with Gasteiger partial charge in [0.15, 0.2) is 0 Å². The second kappa shape index (κ2) is 4.89. The van der Waals surface area contributed by atoms with Crippen LogP contribution in [0, 0.1) is 0 Å². The van der Waals surface area contributed by atoms with Gasteiger partial charge in [-0.05, 0) is 25.1 Å². The zero-order chi connectivity index (χ0) is 14.2. The monoisotopic (exact) mass is 263 g/mol. The van der Waals surface area contributed by atoms with Crippen molar-refractivity contribution in [3.05, 3.63) is 23.8 Å². The van der Waals surface area contributed by atoms with E-state index in [1.807, 2.05) is 18.9 Å². The lowest BCUT2D eigenvalue weighted by Gasteiger charge is -2.38. The van der Waals surface area contributed by atoms with Crippen molar-refractivity contribution in [1.82, 2.24) is 0 Å². The number of hydrogen-bond acceptors (Lipinski definition) is 4. The van der Waals surface area contributed by atoms with Crippen LogP contribution in [0.3, 0.4) is 0 Å². The first-order valence-corrected chi connectivity index (χ1v) is 6.06. The summed E-state index contributed by atoms with van der Waals surface area (Å²) in [6.07, 6.45) is 0. The van der Waals surface area contributed by atoms with Crippen molar-refractivity contribution in [1.29, 1.82) is 0 Å². The Bertz CT molecular complexity index is 530. The van der Waals surface area contributed by atoms with Crippen LogP contribution in [0.15, 0.2) is 18.2 Å². The van der Waals surface area contributed by atoms with Crippen LogP contribution in [0.2, 0.25) is 0 Å². The van der Waals surface area contributed by atoms with E-state index in [0.717, 1.165) is 5.69 Å². The molecule has 0 aliphatic carbocycles. The molecule has 0 bridgehead atoms. The Morgan fingerprint density at radius 3 is 2.74 bits per heavy atom. The molecule has 3 N–H and O–H groups in total. The second-order valence-corrected chi connectivity index (χ2v) is 4.71. The van der Waals surface area contributed by atoms with Gasteiger partial charge in [-0.1, -0.05) is 0 Å². The van der Waals surface area contributed by atoms with Crippen LogP contribution in [-0.4, -0.2) is 43.2 Å². The topological polar surface area (TPSA) is 86.9 Å². The van der Waals surface area contributed by atoms with Crippen molar-refractivity contribution in [3.63, 3.8) is 0 Å². The van der Waals surface area contributed by atoms with Gasteiger partial charge in [-0.2, -0.15) is 0 Å². The highest BCUT2D eigenvalue weighted by Crippen LogP contribution is 2.34. The van der Waals surface area contributed by atoms with Gasteiger partial charge in [-0.3, -0.25) is 4.79 Å². The number of carbonyl (C=O) groups is 2. The van der Waals surface area contributed by atoms with Gasteiger partial charge < -0.3 is 20.6 Å². The third kappa shape index (κ3) is 2.26. The SMILES string of the molecule is CC(CN)N1C(=O)CN(C)c2ccc(C(=O)O)cc21. The lowest BCUT2D eigenvalue weighted by molar-refractivity contribution is -0.117. The molecule has 1 heterocycles. The molecule has 6 nitrogen and oxygen atoms in total. The summed E-state index contributed by atoms with van der Waals surface area (Å²) in [4.78, 5) is 26.6. The molecule has 0 fully saturated rings. The molecule has 6 heteroatoms. The molecular formula is C13H17N3O3. The van der Waals surface area contributed by atoms with Crippen LogP contribution in [0.25, 0.3) is 0 Å². The maximum Gasteiger partial charge on any atom is 0.335 e. The van der Waals surface area contributed by atoms with Crippen molar-refractivity contribution in [2.75, 3.05) is 29.9 Å². The number of carboxylic acid groups (broad SMARTS) is 1. The van der Waals surface area contributed by atoms with Gasteiger partial charge in [-0.25, -0.2) is 4.79 Å². The lowest BCUT2D eigenvalue weighted by Crippen LogP contribution is -2.50. The van der Waals surface area contributed by atoms with E-state index in [0.29, 0.717) is 12.2 Å². The number of carboxylic acids is 1. The van der Waals surface area contributed by atoms with E-state index in [2.05, 4.69) is 0 Å². The number of rotatable bonds is 3. The summed E-state index contributed by atoms with van der Waals surface area (Å²) in [6.45, 7) is 2.44. The third-order valence-electron chi connectivity index (χ3n) is 3.32. The van der Waals surface area contributed by atoms with Crippen molar-refractivity contribution >= 4 is 23.3 Å². The Morgan fingerprint density at radius 1 is 1.47 bits per heavy atom. The van der Waals surface area contributed by atoms with Crippen LogP contribution in [0.1, 0.15) is 17.3 Å². The Labute approximate surface area is 111 Å². The van der Waals surface area contributed by atoms with Gasteiger partial charge in [0.05, 0.1) is 23.5 Å². The fourth-order valence-electron chi connectivity index (χ4n) is 2.26. The number of amides is 1. The predicted octanol–water partition coefficient (Wildman–Crippen LogP) is 0.515. The Hall–Kier alpha value is -2.08. The van der Waals surface area contributed by atoms with Crippen LogP contribution >= 0.6 is 0 Å². The molecule has 102 valence electrons. The molecule has 2 rings (SSSR count). The number of benzene rings is 1. The van der Waals surface area contributed by atoms with Crippen molar-refractivity contribution in [3.8, 4) is 0 Å². The quantitative estimate of drug-likeness (QED) is 0.830. The number of fused-ring (bicyclic) bond motifs is 1. The fourth-order valence-corrected chi connectivity index (χ4v) is 2.26. The molecule has 0 radical (unpaired) electrons. The average molecular weight is 263 g/mol. The summed E-state index contributed by atoms with van der Waals surface area (Å²) in [5.74, 6) is -1.08. The number of likely N-dealkylation sites (N-methyl/N-ethyl adjacent to an activating group) is 1. The highest BCUT2D eigenvalue weighted by atomic mass is 16.4. The number of hydrogen-bond donors (Lipinski definition) is 2. The van der Waals surface area contributed by atoms with Crippen LogP contribution in [-0.2, 0) is 4.79 Å². The Balaban J connectivity index is 2.56. The molecule has 1 aliphatic heterocycles. The Morgan fingerprint density at radius 2 is 2.16 bits per heavy atom. The van der Waals surface area contributed by atoms with E-state index in [9.17, 15) is 9.59 Å². The van der Waals surface area contributed by atoms with Gasteiger partial charge in [0, 0.05) is 19.6 Å². The number of anilines is 2. The number of carbonyl (C=O) groups excluding carboxylic acids is 1. The molecule has 1 unspecified atom stereocenters. The molecule has 0 saturated carbocycles. The van der Waals surface area contributed by atoms with E-state index >= 15 is 0 Å². The minimum atomic E-state index is -1.01. The van der Waals surface area contributed by atoms with Gasteiger partial charge >= 0.3 is 5.97 Å². The van der Waals surface area contributed by atoms with Gasteiger partial charge in [0.2, 0.25) is 5.91 Å². The molecule has 19 heavy (non-hydrogen) atoms. The first-order valence-electron chi connectivity index (χ1n) is 6.06. The maximum absolute atomic E-state index is 12.1. The summed E-state index contributed by atoms with van der Waals surface area (Å²) < 4.78 is 0. The minimum absolute atomic E-state index is 0.0736. The van der Waals surface area contributed by atoms with Crippen molar-refractivity contribution < 1.29 is 14.7 Å². The van der Waals surface area contributed by atoms with Crippen molar-refractivity contribution in [2.24, 2.45) is 5.73 Å². The minimum Gasteiger partial charge on any atom is -0.478 e. The standard InChI is InChI=1S/C13H17N3O3/c1-8(6-14)16-11-5-9(13(18)19)3-4-10(11)15(2)7-12(16)17/h3-5,8H,6-7,14H2,1-2H3,(H,18,19). The number of nitrogens with two attached hydrogens (primary N) is 1. The van der Waals surface area contributed by atoms with E-state index in [-0.39, 0.29) is 24.1 Å². The van der Waals surface area contributed by atoms with Crippen LogP contribution < -0.4 is 15.5 Å². The smallest absolute Gasteiger partial charge is 0.335 e. The summed E-state index contributed by atoms with van der Waals surface area (Å²) >= 11 is 0. The molecule has 1 atom stereocenters. The number of nitrogens with zero attached hydrogens (tertiary/aromatic N) is 2. The molecule has 1 aromatic carbocycles. The van der Waals surface area contributed by atoms with E-state index in [1.165, 1.54) is 6.07 Å². The van der Waals surface area contributed by atoms with Gasteiger partial charge in [-0.15, -0.1) is 0 Å². The van der Waals surface area contributed by atoms with Gasteiger partial charge in [0.1, 0.15) is 0 Å².